The van der Waals surface area contributed by atoms with E-state index in [-0.39, 0.29) is 24.7 Å². The van der Waals surface area contributed by atoms with Gasteiger partial charge < -0.3 is 15.4 Å². The highest BCUT2D eigenvalue weighted by atomic mass is 19.4. The third kappa shape index (κ3) is 4.15. The fourth-order valence-electron chi connectivity index (χ4n) is 3.10. The van der Waals surface area contributed by atoms with Crippen LogP contribution in [0.2, 0.25) is 0 Å². The molecule has 1 aliphatic heterocycles. The molecular formula is C19H19F3N2O3. The minimum atomic E-state index is -4.38. The molecule has 0 bridgehead atoms. The lowest BCUT2D eigenvalue weighted by molar-refractivity contribution is -0.137. The number of Topliss-reactive ketones (excluding diaryl/α,β-unsaturated/α-hetero) is 1. The number of carbonyl (C=O) groups excluding carboxylic acids is 2. The second-order valence-electron chi connectivity index (χ2n) is 6.69. The number of carbonyl (C=O) groups is 2. The first-order valence-corrected chi connectivity index (χ1v) is 8.44. The van der Waals surface area contributed by atoms with E-state index in [9.17, 15) is 22.8 Å². The van der Waals surface area contributed by atoms with E-state index in [1.807, 2.05) is 0 Å². The van der Waals surface area contributed by atoms with E-state index in [1.165, 1.54) is 12.1 Å². The summed E-state index contributed by atoms with van der Waals surface area (Å²) in [7, 11) is 0. The molecule has 0 saturated carbocycles. The van der Waals surface area contributed by atoms with Gasteiger partial charge in [0.2, 0.25) is 5.91 Å². The summed E-state index contributed by atoms with van der Waals surface area (Å²) in [6.07, 6.45) is -0.778. The van der Waals surface area contributed by atoms with E-state index < -0.39 is 23.7 Å². The first-order valence-electron chi connectivity index (χ1n) is 8.44. The van der Waals surface area contributed by atoms with Crippen LogP contribution in [0.25, 0.3) is 0 Å². The topological polar surface area (TPSA) is 72.6 Å². The summed E-state index contributed by atoms with van der Waals surface area (Å²) in [4.78, 5) is 25.4. The van der Waals surface area contributed by atoms with E-state index in [4.69, 9.17) is 10.5 Å². The minimum absolute atomic E-state index is 0.0228. The van der Waals surface area contributed by atoms with Crippen molar-refractivity contribution in [3.05, 3.63) is 59.0 Å². The van der Waals surface area contributed by atoms with Gasteiger partial charge in [0.25, 0.3) is 0 Å². The number of amides is 1. The van der Waals surface area contributed by atoms with Gasteiger partial charge in [-0.2, -0.15) is 13.2 Å². The lowest BCUT2D eigenvalue weighted by atomic mass is 9.89. The Morgan fingerprint density at radius 1 is 1.33 bits per heavy atom. The van der Waals surface area contributed by atoms with Crippen molar-refractivity contribution in [1.82, 2.24) is 4.90 Å². The summed E-state index contributed by atoms with van der Waals surface area (Å²) in [5.74, 6) is -0.354. The largest absolute Gasteiger partial charge is 0.493 e. The van der Waals surface area contributed by atoms with E-state index in [1.54, 1.807) is 24.1 Å². The maximum atomic E-state index is 12.6. The predicted molar refractivity (Wildman–Crippen MR) is 90.9 cm³/mol. The van der Waals surface area contributed by atoms with Crippen LogP contribution in [0.3, 0.4) is 0 Å². The Morgan fingerprint density at radius 2 is 2.00 bits per heavy atom. The molecule has 1 unspecified atom stereocenters. The molecule has 0 aromatic heterocycles. The van der Waals surface area contributed by atoms with Gasteiger partial charge in [0.15, 0.2) is 0 Å². The monoisotopic (exact) mass is 380 g/mol. The maximum Gasteiger partial charge on any atom is 0.416 e. The molecule has 5 nitrogen and oxygen atoms in total. The first kappa shape index (κ1) is 19.0. The average molecular weight is 380 g/mol. The Morgan fingerprint density at radius 3 is 2.59 bits per heavy atom. The van der Waals surface area contributed by atoms with Crippen LogP contribution >= 0.6 is 0 Å². The molecule has 1 heterocycles. The summed E-state index contributed by atoms with van der Waals surface area (Å²) < 4.78 is 43.4. The number of rotatable bonds is 5. The van der Waals surface area contributed by atoms with E-state index in [2.05, 4.69) is 0 Å². The van der Waals surface area contributed by atoms with Gasteiger partial charge in [0.1, 0.15) is 24.2 Å². The molecule has 1 amide bonds. The summed E-state index contributed by atoms with van der Waals surface area (Å²) in [6, 6.07) is 4.18. The fourth-order valence-corrected chi connectivity index (χ4v) is 3.10. The number of hydrogen-bond donors (Lipinski definition) is 1. The molecule has 1 aliphatic carbocycles. The van der Waals surface area contributed by atoms with Crippen molar-refractivity contribution >= 4 is 11.7 Å². The third-order valence-electron chi connectivity index (χ3n) is 4.79. The number of benzene rings is 1. The van der Waals surface area contributed by atoms with Crippen LogP contribution in [0.15, 0.2) is 47.9 Å². The number of alkyl halides is 3. The van der Waals surface area contributed by atoms with E-state index >= 15 is 0 Å². The number of fused-ring (bicyclic) bond motifs is 1. The molecule has 1 aromatic rings. The van der Waals surface area contributed by atoms with Crippen molar-refractivity contribution in [2.45, 2.75) is 32.2 Å². The second-order valence-corrected chi connectivity index (χ2v) is 6.69. The van der Waals surface area contributed by atoms with E-state index in [0.717, 1.165) is 17.7 Å². The Balaban J connectivity index is 1.67. The van der Waals surface area contributed by atoms with Crippen LogP contribution in [0.4, 0.5) is 13.2 Å². The molecular weight excluding hydrogens is 361 g/mol. The summed E-state index contributed by atoms with van der Waals surface area (Å²) in [5, 5.41) is 0. The molecule has 27 heavy (non-hydrogen) atoms. The smallest absolute Gasteiger partial charge is 0.416 e. The lowest BCUT2D eigenvalue weighted by Crippen LogP contribution is -2.40. The van der Waals surface area contributed by atoms with Gasteiger partial charge in [-0.1, -0.05) is 12.1 Å². The molecule has 2 aliphatic rings. The van der Waals surface area contributed by atoms with Crippen LogP contribution in [-0.4, -0.2) is 29.2 Å². The standard InChI is InChI=1S/C19H19F3N2O3/c1-11(18(23)26)24-8-13-6-15(7-17(25)16(13)9-24)27-10-12-2-4-14(5-3-12)19(20,21)22/h2-6,8,11,16H,7,9-10H2,1H3,(H2,23,26)/t11-,16?/m1/s1. The molecule has 2 atom stereocenters. The second kappa shape index (κ2) is 7.09. The number of nitrogens with two attached hydrogens (primary N) is 1. The van der Waals surface area contributed by atoms with Crippen molar-refractivity contribution < 1.29 is 27.5 Å². The molecule has 0 fully saturated rings. The molecule has 8 heteroatoms. The zero-order chi connectivity index (χ0) is 19.8. The van der Waals surface area contributed by atoms with Crippen molar-refractivity contribution in [3.8, 4) is 0 Å². The van der Waals surface area contributed by atoms with Gasteiger partial charge >= 0.3 is 6.18 Å². The summed E-state index contributed by atoms with van der Waals surface area (Å²) in [6.45, 7) is 2.14. The molecule has 144 valence electrons. The van der Waals surface area contributed by atoms with Crippen LogP contribution in [-0.2, 0) is 27.1 Å². The van der Waals surface area contributed by atoms with Gasteiger partial charge in [-0.25, -0.2) is 0 Å². The minimum Gasteiger partial charge on any atom is -0.493 e. The molecule has 2 N–H and O–H groups in total. The number of halogens is 3. The Hall–Kier alpha value is -2.77. The Bertz CT molecular complexity index is 812. The zero-order valence-electron chi connectivity index (χ0n) is 14.6. The quantitative estimate of drug-likeness (QED) is 0.853. The SMILES string of the molecule is C[C@H](C(N)=O)N1C=C2C=C(OCc3ccc(C(F)(F)F)cc3)CC(=O)C2C1. The number of ether oxygens (including phenoxy) is 1. The van der Waals surface area contributed by atoms with Crippen LogP contribution in [0.1, 0.15) is 24.5 Å². The number of hydrogen-bond acceptors (Lipinski definition) is 4. The van der Waals surface area contributed by atoms with Crippen LogP contribution in [0, 0.1) is 5.92 Å². The van der Waals surface area contributed by atoms with Gasteiger partial charge in [0.05, 0.1) is 17.9 Å². The van der Waals surface area contributed by atoms with Gasteiger partial charge in [0, 0.05) is 12.7 Å². The van der Waals surface area contributed by atoms with Gasteiger partial charge in [-0.3, -0.25) is 9.59 Å². The molecule has 0 spiro atoms. The molecule has 0 radical (unpaired) electrons. The number of nitrogens with zero attached hydrogens (tertiary/aromatic N) is 1. The Kier molecular flexibility index (Phi) is 4.99. The van der Waals surface area contributed by atoms with Crippen LogP contribution in [0.5, 0.6) is 0 Å². The third-order valence-corrected chi connectivity index (χ3v) is 4.79. The van der Waals surface area contributed by atoms with Crippen molar-refractivity contribution in [2.75, 3.05) is 6.54 Å². The van der Waals surface area contributed by atoms with Gasteiger partial charge in [-0.15, -0.1) is 0 Å². The highest BCUT2D eigenvalue weighted by Crippen LogP contribution is 2.33. The number of allylic oxidation sites excluding steroid dienone is 2. The molecule has 1 aromatic carbocycles. The fraction of sp³-hybridized carbons (Fsp3) is 0.368. The van der Waals surface area contributed by atoms with Crippen molar-refractivity contribution in [3.63, 3.8) is 0 Å². The predicted octanol–water partition coefficient (Wildman–Crippen LogP) is 2.77. The Labute approximate surface area is 154 Å². The van der Waals surface area contributed by atoms with Crippen LogP contribution < -0.4 is 5.73 Å². The molecule has 3 rings (SSSR count). The van der Waals surface area contributed by atoms with Crippen molar-refractivity contribution in [1.29, 1.82) is 0 Å². The summed E-state index contributed by atoms with van der Waals surface area (Å²) >= 11 is 0. The highest BCUT2D eigenvalue weighted by molar-refractivity contribution is 5.89. The lowest BCUT2D eigenvalue weighted by Gasteiger charge is -2.23. The number of ketones is 1. The van der Waals surface area contributed by atoms with Crippen molar-refractivity contribution in [2.24, 2.45) is 11.7 Å². The highest BCUT2D eigenvalue weighted by Gasteiger charge is 2.36. The number of primary amides is 1. The first-order chi connectivity index (χ1) is 12.6. The summed E-state index contributed by atoms with van der Waals surface area (Å²) in [5.41, 5.74) is 5.91. The maximum absolute atomic E-state index is 12.6. The zero-order valence-corrected chi connectivity index (χ0v) is 14.6. The van der Waals surface area contributed by atoms with Gasteiger partial charge in [-0.05, 0) is 36.3 Å². The molecule has 0 saturated heterocycles. The average Bonchev–Trinajstić information content (AvgIpc) is 3.03. The normalized spacial score (nSPS) is 20.7. The van der Waals surface area contributed by atoms with E-state index in [0.29, 0.717) is 17.9 Å².